The number of benzene rings is 1. The van der Waals surface area contributed by atoms with Crippen molar-refractivity contribution in [2.45, 2.75) is 25.5 Å². The maximum atomic E-state index is 11.8. The number of amides is 1. The molecule has 0 aromatic heterocycles. The predicted octanol–water partition coefficient (Wildman–Crippen LogP) is 2.96. The summed E-state index contributed by atoms with van der Waals surface area (Å²) in [5.74, 6) is -0.129. The van der Waals surface area contributed by atoms with Gasteiger partial charge in [-0.3, -0.25) is 4.79 Å². The molecular formula is C13H19Cl3N2O2. The number of nitrogens with two attached hydrogens (primary N) is 1. The van der Waals surface area contributed by atoms with Crippen LogP contribution in [-0.2, 0) is 9.53 Å². The van der Waals surface area contributed by atoms with E-state index in [2.05, 4.69) is 5.32 Å². The van der Waals surface area contributed by atoms with Crippen LogP contribution in [0.2, 0.25) is 10.0 Å². The smallest absolute Gasteiger partial charge is 0.223 e. The fourth-order valence-electron chi connectivity index (χ4n) is 1.70. The summed E-state index contributed by atoms with van der Waals surface area (Å²) >= 11 is 11.9. The molecule has 1 aromatic rings. The Morgan fingerprint density at radius 3 is 2.60 bits per heavy atom. The SMILES string of the molecule is COC(CN)CC(=O)NC(C)c1ccc(Cl)cc1Cl.Cl. The van der Waals surface area contributed by atoms with Crippen molar-refractivity contribution in [3.8, 4) is 0 Å². The number of carbonyl (C=O) groups excluding carboxylic acids is 1. The average molecular weight is 342 g/mol. The highest BCUT2D eigenvalue weighted by Gasteiger charge is 2.16. The molecule has 0 fully saturated rings. The van der Waals surface area contributed by atoms with Crippen LogP contribution in [-0.4, -0.2) is 25.7 Å². The normalized spacial score (nSPS) is 13.2. The van der Waals surface area contributed by atoms with E-state index in [-0.39, 0.29) is 36.9 Å². The molecule has 0 saturated carbocycles. The molecule has 1 rings (SSSR count). The Hall–Kier alpha value is -0.520. The number of halogens is 3. The van der Waals surface area contributed by atoms with Crippen LogP contribution < -0.4 is 11.1 Å². The maximum absolute atomic E-state index is 11.8. The third-order valence-electron chi connectivity index (χ3n) is 2.82. The highest BCUT2D eigenvalue weighted by atomic mass is 35.5. The monoisotopic (exact) mass is 340 g/mol. The van der Waals surface area contributed by atoms with Crippen LogP contribution in [0.1, 0.15) is 24.9 Å². The predicted molar refractivity (Wildman–Crippen MR) is 84.7 cm³/mol. The van der Waals surface area contributed by atoms with Crippen molar-refractivity contribution in [3.63, 3.8) is 0 Å². The first-order chi connectivity index (χ1) is 8.97. The molecule has 1 amide bonds. The molecule has 0 aliphatic heterocycles. The molecule has 20 heavy (non-hydrogen) atoms. The van der Waals surface area contributed by atoms with Crippen LogP contribution >= 0.6 is 35.6 Å². The van der Waals surface area contributed by atoms with Gasteiger partial charge in [0.25, 0.3) is 0 Å². The van der Waals surface area contributed by atoms with E-state index in [1.54, 1.807) is 18.2 Å². The van der Waals surface area contributed by atoms with Gasteiger partial charge in [0, 0.05) is 23.7 Å². The summed E-state index contributed by atoms with van der Waals surface area (Å²) in [6.45, 7) is 2.16. The third kappa shape index (κ3) is 5.85. The molecule has 0 aliphatic rings. The van der Waals surface area contributed by atoms with Crippen molar-refractivity contribution >= 4 is 41.5 Å². The van der Waals surface area contributed by atoms with E-state index < -0.39 is 0 Å². The summed E-state index contributed by atoms with van der Waals surface area (Å²) in [6.07, 6.45) is -0.0457. The van der Waals surface area contributed by atoms with Gasteiger partial charge in [0.2, 0.25) is 5.91 Å². The molecule has 114 valence electrons. The van der Waals surface area contributed by atoms with Gasteiger partial charge in [-0.05, 0) is 24.6 Å². The Morgan fingerprint density at radius 1 is 1.45 bits per heavy atom. The Bertz CT molecular complexity index is 440. The molecule has 0 radical (unpaired) electrons. The van der Waals surface area contributed by atoms with Crippen molar-refractivity contribution in [1.29, 1.82) is 0 Å². The molecule has 0 bridgehead atoms. The van der Waals surface area contributed by atoms with Crippen molar-refractivity contribution in [3.05, 3.63) is 33.8 Å². The highest BCUT2D eigenvalue weighted by Crippen LogP contribution is 2.26. The van der Waals surface area contributed by atoms with Gasteiger partial charge in [-0.15, -0.1) is 12.4 Å². The van der Waals surface area contributed by atoms with Crippen LogP contribution in [0, 0.1) is 0 Å². The molecule has 3 N–H and O–H groups in total. The number of rotatable bonds is 6. The molecule has 7 heteroatoms. The summed E-state index contributed by atoms with van der Waals surface area (Å²) in [7, 11) is 1.53. The van der Waals surface area contributed by atoms with E-state index in [0.717, 1.165) is 5.56 Å². The summed E-state index contributed by atoms with van der Waals surface area (Å²) in [6, 6.07) is 4.99. The van der Waals surface area contributed by atoms with Crippen molar-refractivity contribution in [2.75, 3.05) is 13.7 Å². The van der Waals surface area contributed by atoms with Gasteiger partial charge in [0.1, 0.15) is 0 Å². The van der Waals surface area contributed by atoms with Crippen molar-refractivity contribution in [1.82, 2.24) is 5.32 Å². The van der Waals surface area contributed by atoms with Crippen LogP contribution in [0.25, 0.3) is 0 Å². The van der Waals surface area contributed by atoms with Crippen LogP contribution in [0.15, 0.2) is 18.2 Å². The van der Waals surface area contributed by atoms with E-state index in [9.17, 15) is 4.79 Å². The van der Waals surface area contributed by atoms with E-state index in [1.807, 2.05) is 6.92 Å². The molecule has 0 heterocycles. The molecule has 2 unspecified atom stereocenters. The zero-order chi connectivity index (χ0) is 14.4. The summed E-state index contributed by atoms with van der Waals surface area (Å²) in [4.78, 5) is 11.8. The minimum atomic E-state index is -0.270. The zero-order valence-electron chi connectivity index (χ0n) is 11.4. The lowest BCUT2D eigenvalue weighted by Crippen LogP contribution is -2.33. The molecule has 0 saturated heterocycles. The standard InChI is InChI=1S/C13H18Cl2N2O2.ClH/c1-8(11-4-3-9(14)5-12(11)15)17-13(18)6-10(7-16)19-2;/h3-5,8,10H,6-7,16H2,1-2H3,(H,17,18);1H. The van der Waals surface area contributed by atoms with E-state index >= 15 is 0 Å². The van der Waals surface area contributed by atoms with Gasteiger partial charge in [0.15, 0.2) is 0 Å². The number of nitrogens with one attached hydrogen (secondary N) is 1. The molecule has 0 spiro atoms. The lowest BCUT2D eigenvalue weighted by Gasteiger charge is -2.18. The van der Waals surface area contributed by atoms with E-state index in [0.29, 0.717) is 16.6 Å². The molecule has 2 atom stereocenters. The first kappa shape index (κ1) is 19.5. The first-order valence-electron chi connectivity index (χ1n) is 5.95. The molecule has 1 aromatic carbocycles. The van der Waals surface area contributed by atoms with Crippen molar-refractivity contribution in [2.24, 2.45) is 5.73 Å². The zero-order valence-corrected chi connectivity index (χ0v) is 13.7. The maximum Gasteiger partial charge on any atom is 0.223 e. The van der Waals surface area contributed by atoms with Gasteiger partial charge in [-0.25, -0.2) is 0 Å². The average Bonchev–Trinajstić information content (AvgIpc) is 2.35. The number of methoxy groups -OCH3 is 1. The number of carbonyl (C=O) groups is 1. The highest BCUT2D eigenvalue weighted by molar-refractivity contribution is 6.35. The third-order valence-corrected chi connectivity index (χ3v) is 3.38. The second-order valence-corrected chi connectivity index (χ2v) is 5.10. The Balaban J connectivity index is 0.00000361. The van der Waals surface area contributed by atoms with Gasteiger partial charge in [-0.1, -0.05) is 29.3 Å². The van der Waals surface area contributed by atoms with Crippen LogP contribution in [0.4, 0.5) is 0 Å². The molecular weight excluding hydrogens is 323 g/mol. The molecule has 4 nitrogen and oxygen atoms in total. The number of ether oxygens (including phenoxy) is 1. The topological polar surface area (TPSA) is 64.3 Å². The van der Waals surface area contributed by atoms with Gasteiger partial charge in [0.05, 0.1) is 18.6 Å². The Morgan fingerprint density at radius 2 is 2.10 bits per heavy atom. The fourth-order valence-corrected chi connectivity index (χ4v) is 2.27. The second-order valence-electron chi connectivity index (χ2n) is 4.25. The van der Waals surface area contributed by atoms with Crippen LogP contribution in [0.5, 0.6) is 0 Å². The minimum absolute atomic E-state index is 0. The number of hydrogen-bond donors (Lipinski definition) is 2. The van der Waals surface area contributed by atoms with Gasteiger partial charge < -0.3 is 15.8 Å². The van der Waals surface area contributed by atoms with Crippen LogP contribution in [0.3, 0.4) is 0 Å². The summed E-state index contributed by atoms with van der Waals surface area (Å²) in [5, 5.41) is 3.95. The van der Waals surface area contributed by atoms with E-state index in [1.165, 1.54) is 7.11 Å². The first-order valence-corrected chi connectivity index (χ1v) is 6.70. The lowest BCUT2D eigenvalue weighted by molar-refractivity contribution is -0.124. The summed E-state index contributed by atoms with van der Waals surface area (Å²) in [5.41, 5.74) is 6.29. The van der Waals surface area contributed by atoms with Crippen molar-refractivity contribution < 1.29 is 9.53 Å². The molecule has 0 aliphatic carbocycles. The minimum Gasteiger partial charge on any atom is -0.380 e. The Kier molecular flexibility index (Phi) is 9.18. The largest absolute Gasteiger partial charge is 0.380 e. The summed E-state index contributed by atoms with van der Waals surface area (Å²) < 4.78 is 5.07. The fraction of sp³-hybridized carbons (Fsp3) is 0.462. The second kappa shape index (κ2) is 9.42. The lowest BCUT2D eigenvalue weighted by atomic mass is 10.1. The van der Waals surface area contributed by atoms with Gasteiger partial charge in [-0.2, -0.15) is 0 Å². The van der Waals surface area contributed by atoms with E-state index in [4.69, 9.17) is 33.7 Å². The number of hydrogen-bond acceptors (Lipinski definition) is 3. The van der Waals surface area contributed by atoms with Gasteiger partial charge >= 0.3 is 0 Å². The Labute approximate surface area is 135 Å². The quantitative estimate of drug-likeness (QED) is 0.836.